The van der Waals surface area contributed by atoms with Crippen molar-refractivity contribution >= 4 is 33.7 Å². The maximum absolute atomic E-state index is 11.1. The molecular weight excluding hydrogens is 226 g/mol. The van der Waals surface area contributed by atoms with E-state index in [0.717, 1.165) is 0 Å². The largest absolute Gasteiger partial charge is 0.477 e. The molecule has 0 unspecified atom stereocenters. The Morgan fingerprint density at radius 1 is 1.29 bits per heavy atom. The van der Waals surface area contributed by atoms with Crippen molar-refractivity contribution < 1.29 is 14.3 Å². The van der Waals surface area contributed by atoms with Crippen molar-refractivity contribution in [3.8, 4) is 0 Å². The van der Waals surface area contributed by atoms with E-state index >= 15 is 0 Å². The number of carboxylic acids is 1. The number of aromatic amines is 2. The quantitative estimate of drug-likeness (QED) is 0.464. The number of H-pyrrole nitrogens is 2. The highest BCUT2D eigenvalue weighted by Gasteiger charge is 2.14. The molecule has 7 heteroatoms. The monoisotopic (exact) mass is 233 g/mol. The van der Waals surface area contributed by atoms with Gasteiger partial charge in [0.2, 0.25) is 0 Å². The average Bonchev–Trinajstić information content (AvgIpc) is 2.80. The molecule has 0 fully saturated rings. The first-order valence-corrected chi connectivity index (χ1v) is 4.73. The van der Waals surface area contributed by atoms with Gasteiger partial charge in [-0.25, -0.2) is 9.59 Å². The van der Waals surface area contributed by atoms with Crippen LogP contribution < -0.4 is 11.5 Å². The van der Waals surface area contributed by atoms with Crippen molar-refractivity contribution in [2.24, 2.45) is 0 Å². The first-order valence-electron chi connectivity index (χ1n) is 4.73. The van der Waals surface area contributed by atoms with Crippen molar-refractivity contribution in [1.29, 1.82) is 0 Å². The van der Waals surface area contributed by atoms with Crippen LogP contribution in [-0.2, 0) is 0 Å². The number of nitrogen functional groups attached to an aromatic ring is 1. The minimum absolute atomic E-state index is 0.00995. The fourth-order valence-corrected chi connectivity index (χ4v) is 1.83. The van der Waals surface area contributed by atoms with Gasteiger partial charge in [-0.3, -0.25) is 4.98 Å². The Labute approximate surface area is 92.8 Å². The molecule has 2 heterocycles. The summed E-state index contributed by atoms with van der Waals surface area (Å²) in [7, 11) is 0. The number of nitrogens with one attached hydrogen (secondary N) is 2. The minimum atomic E-state index is -1.09. The molecule has 0 bridgehead atoms. The van der Waals surface area contributed by atoms with E-state index in [1.165, 1.54) is 6.07 Å². The first kappa shape index (κ1) is 9.52. The summed E-state index contributed by atoms with van der Waals surface area (Å²) < 4.78 is 4.94. The maximum Gasteiger partial charge on any atom is 0.417 e. The van der Waals surface area contributed by atoms with Crippen molar-refractivity contribution in [3.05, 3.63) is 28.4 Å². The van der Waals surface area contributed by atoms with E-state index in [-0.39, 0.29) is 11.3 Å². The highest BCUT2D eigenvalue weighted by atomic mass is 16.4. The van der Waals surface area contributed by atoms with Crippen LogP contribution >= 0.6 is 0 Å². The van der Waals surface area contributed by atoms with Gasteiger partial charge in [0, 0.05) is 5.39 Å². The molecule has 0 saturated carbocycles. The zero-order chi connectivity index (χ0) is 12.2. The lowest BCUT2D eigenvalue weighted by Crippen LogP contribution is -1.94. The number of aromatic carboxylic acids is 1. The Kier molecular flexibility index (Phi) is 1.63. The topological polar surface area (TPSA) is 125 Å². The molecule has 2 aromatic heterocycles. The molecule has 0 aliphatic rings. The van der Waals surface area contributed by atoms with E-state index in [4.69, 9.17) is 15.3 Å². The van der Waals surface area contributed by atoms with E-state index < -0.39 is 11.7 Å². The molecule has 3 aromatic rings. The number of anilines is 1. The molecule has 5 N–H and O–H groups in total. The number of carbonyl (C=O) groups is 1. The zero-order valence-corrected chi connectivity index (χ0v) is 8.40. The van der Waals surface area contributed by atoms with Gasteiger partial charge in [0.25, 0.3) is 0 Å². The number of hydrogen-bond acceptors (Lipinski definition) is 4. The van der Waals surface area contributed by atoms with E-state index in [0.29, 0.717) is 22.1 Å². The SMILES string of the molecule is Nc1cc2cc(C(=O)O)[nH]c2c2oc(=O)[nH]c12. The van der Waals surface area contributed by atoms with Gasteiger partial charge in [-0.2, -0.15) is 0 Å². The molecule has 0 aliphatic carbocycles. The molecule has 17 heavy (non-hydrogen) atoms. The number of hydrogen-bond donors (Lipinski definition) is 4. The Hall–Kier alpha value is -2.70. The third-order valence-corrected chi connectivity index (χ3v) is 2.55. The summed E-state index contributed by atoms with van der Waals surface area (Å²) in [5, 5.41) is 9.45. The summed E-state index contributed by atoms with van der Waals surface area (Å²) in [5.74, 6) is -1.73. The highest BCUT2D eigenvalue weighted by Crippen LogP contribution is 2.28. The number of fused-ring (bicyclic) bond motifs is 3. The van der Waals surface area contributed by atoms with Crippen molar-refractivity contribution in [2.75, 3.05) is 5.73 Å². The first-order chi connectivity index (χ1) is 8.06. The number of rotatable bonds is 1. The van der Waals surface area contributed by atoms with Crippen LogP contribution in [0.1, 0.15) is 10.5 Å². The Morgan fingerprint density at radius 2 is 2.06 bits per heavy atom. The zero-order valence-electron chi connectivity index (χ0n) is 8.40. The van der Waals surface area contributed by atoms with Gasteiger partial charge >= 0.3 is 11.7 Å². The fourth-order valence-electron chi connectivity index (χ4n) is 1.83. The van der Waals surface area contributed by atoms with Crippen molar-refractivity contribution in [3.63, 3.8) is 0 Å². The lowest BCUT2D eigenvalue weighted by molar-refractivity contribution is 0.0691. The third-order valence-electron chi connectivity index (χ3n) is 2.55. The summed E-state index contributed by atoms with van der Waals surface area (Å²) in [6.45, 7) is 0. The van der Waals surface area contributed by atoms with Crippen LogP contribution in [0.25, 0.3) is 22.0 Å². The maximum atomic E-state index is 11.1. The molecular formula is C10H7N3O4. The van der Waals surface area contributed by atoms with Gasteiger partial charge in [0.1, 0.15) is 11.2 Å². The number of benzene rings is 1. The van der Waals surface area contributed by atoms with Crippen LogP contribution in [0.2, 0.25) is 0 Å². The number of carboxylic acid groups (broad SMARTS) is 1. The van der Waals surface area contributed by atoms with Crippen molar-refractivity contribution in [2.45, 2.75) is 0 Å². The molecule has 7 nitrogen and oxygen atoms in total. The molecule has 0 saturated heterocycles. The predicted octanol–water partition coefficient (Wildman–Crippen LogP) is 0.883. The van der Waals surface area contributed by atoms with Crippen LogP contribution in [0, 0.1) is 0 Å². The van der Waals surface area contributed by atoms with E-state index in [9.17, 15) is 9.59 Å². The van der Waals surface area contributed by atoms with Crippen LogP contribution in [-0.4, -0.2) is 21.0 Å². The summed E-state index contributed by atoms with van der Waals surface area (Å²) in [6.07, 6.45) is 0. The normalized spacial score (nSPS) is 11.3. The average molecular weight is 233 g/mol. The molecule has 0 spiro atoms. The van der Waals surface area contributed by atoms with Crippen LogP contribution in [0.15, 0.2) is 21.3 Å². The summed E-state index contributed by atoms with van der Waals surface area (Å²) >= 11 is 0. The Morgan fingerprint density at radius 3 is 2.76 bits per heavy atom. The fraction of sp³-hybridized carbons (Fsp3) is 0. The Balaban J connectivity index is 2.53. The number of aromatic nitrogens is 2. The Bertz CT molecular complexity index is 808. The smallest absolute Gasteiger partial charge is 0.417 e. The van der Waals surface area contributed by atoms with Crippen molar-refractivity contribution in [1.82, 2.24) is 9.97 Å². The standard InChI is InChI=1S/C10H7N3O4/c11-4-1-3-2-5(9(14)15)12-6(3)8-7(4)13-10(16)17-8/h1-2,12H,11H2,(H,13,16)(H,14,15). The van der Waals surface area contributed by atoms with Gasteiger partial charge in [0.05, 0.1) is 11.2 Å². The molecule has 86 valence electrons. The van der Waals surface area contributed by atoms with E-state index in [1.54, 1.807) is 6.07 Å². The van der Waals surface area contributed by atoms with Crippen LogP contribution in [0.5, 0.6) is 0 Å². The number of oxazole rings is 1. The minimum Gasteiger partial charge on any atom is -0.477 e. The number of nitrogens with two attached hydrogens (primary N) is 1. The molecule has 3 rings (SSSR count). The highest BCUT2D eigenvalue weighted by molar-refractivity contribution is 6.08. The molecule has 0 atom stereocenters. The third kappa shape index (κ3) is 1.22. The van der Waals surface area contributed by atoms with Gasteiger partial charge in [-0.15, -0.1) is 0 Å². The second-order valence-electron chi connectivity index (χ2n) is 3.64. The molecule has 0 radical (unpaired) electrons. The summed E-state index contributed by atoms with van der Waals surface area (Å²) in [5.41, 5.74) is 7.10. The molecule has 0 aliphatic heterocycles. The molecule has 1 aromatic carbocycles. The van der Waals surface area contributed by atoms with Crippen LogP contribution in [0.4, 0.5) is 5.69 Å². The van der Waals surface area contributed by atoms with Gasteiger partial charge in [-0.1, -0.05) is 0 Å². The summed E-state index contributed by atoms with van der Waals surface area (Å²) in [6, 6.07) is 3.01. The second-order valence-corrected chi connectivity index (χ2v) is 3.64. The van der Waals surface area contributed by atoms with Gasteiger partial charge < -0.3 is 20.2 Å². The summed E-state index contributed by atoms with van der Waals surface area (Å²) in [4.78, 5) is 27.1. The van der Waals surface area contributed by atoms with Crippen LogP contribution in [0.3, 0.4) is 0 Å². The lowest BCUT2D eigenvalue weighted by Gasteiger charge is -1.95. The predicted molar refractivity (Wildman–Crippen MR) is 60.1 cm³/mol. The lowest BCUT2D eigenvalue weighted by atomic mass is 10.2. The van der Waals surface area contributed by atoms with E-state index in [1.807, 2.05) is 0 Å². The second kappa shape index (κ2) is 2.91. The van der Waals surface area contributed by atoms with Gasteiger partial charge in [-0.05, 0) is 12.1 Å². The molecule has 0 amide bonds. The van der Waals surface area contributed by atoms with Gasteiger partial charge in [0.15, 0.2) is 5.58 Å². The van der Waals surface area contributed by atoms with E-state index in [2.05, 4.69) is 9.97 Å².